The molecule has 0 fully saturated rings. The third-order valence-corrected chi connectivity index (χ3v) is 3.21. The number of para-hydroxylation sites is 1. The Labute approximate surface area is 95.4 Å². The van der Waals surface area contributed by atoms with Crippen molar-refractivity contribution in [1.82, 2.24) is 0 Å². The molecule has 0 saturated carbocycles. The van der Waals surface area contributed by atoms with E-state index < -0.39 is 0 Å². The summed E-state index contributed by atoms with van der Waals surface area (Å²) >= 11 is 0. The van der Waals surface area contributed by atoms with Crippen LogP contribution in [0.25, 0.3) is 11.0 Å². The summed E-state index contributed by atoms with van der Waals surface area (Å²) in [4.78, 5) is 0. The Hall–Kier alpha value is -1.32. The van der Waals surface area contributed by atoms with Gasteiger partial charge < -0.3 is 15.9 Å². The van der Waals surface area contributed by atoms with Gasteiger partial charge in [0.1, 0.15) is 5.58 Å². The molecule has 0 aliphatic heterocycles. The average molecular weight is 218 g/mol. The number of hydrogen-bond donors (Lipinski definition) is 2. The fourth-order valence-corrected chi connectivity index (χ4v) is 2.08. The smallest absolute Gasteiger partial charge is 0.134 e. The first-order valence-electron chi connectivity index (χ1n) is 5.69. The summed E-state index contributed by atoms with van der Waals surface area (Å²) in [6, 6.07) is 7.91. The Kier molecular flexibility index (Phi) is 3.27. The summed E-state index contributed by atoms with van der Waals surface area (Å²) in [5.41, 5.74) is 13.9. The van der Waals surface area contributed by atoms with Crippen LogP contribution in [0.5, 0.6) is 0 Å². The summed E-state index contributed by atoms with van der Waals surface area (Å²) in [6.45, 7) is 2.72. The molecule has 2 aromatic rings. The van der Waals surface area contributed by atoms with Gasteiger partial charge >= 0.3 is 0 Å². The van der Waals surface area contributed by atoms with E-state index in [9.17, 15) is 0 Å². The topological polar surface area (TPSA) is 65.2 Å². The lowest BCUT2D eigenvalue weighted by Gasteiger charge is -2.19. The van der Waals surface area contributed by atoms with Crippen LogP contribution in [0.2, 0.25) is 0 Å². The number of furan rings is 1. The molecule has 86 valence electrons. The lowest BCUT2D eigenvalue weighted by atomic mass is 9.91. The fraction of sp³-hybridized carbons (Fsp3) is 0.385. The van der Waals surface area contributed by atoms with Crippen molar-refractivity contribution in [1.29, 1.82) is 0 Å². The number of benzene rings is 1. The molecule has 0 aliphatic carbocycles. The van der Waals surface area contributed by atoms with Crippen LogP contribution in [0.15, 0.2) is 34.9 Å². The third-order valence-electron chi connectivity index (χ3n) is 3.21. The predicted octanol–water partition coefficient (Wildman–Crippen LogP) is 2.42. The molecule has 0 aliphatic rings. The van der Waals surface area contributed by atoms with Crippen LogP contribution >= 0.6 is 0 Å². The first-order valence-corrected chi connectivity index (χ1v) is 5.69. The molecule has 2 atom stereocenters. The van der Waals surface area contributed by atoms with E-state index >= 15 is 0 Å². The van der Waals surface area contributed by atoms with Gasteiger partial charge in [-0.2, -0.15) is 0 Å². The van der Waals surface area contributed by atoms with E-state index in [0.717, 1.165) is 23.0 Å². The quantitative estimate of drug-likeness (QED) is 0.828. The second-order valence-corrected chi connectivity index (χ2v) is 4.12. The van der Waals surface area contributed by atoms with Gasteiger partial charge in [0.05, 0.1) is 6.26 Å². The lowest BCUT2D eigenvalue weighted by molar-refractivity contribution is 0.426. The standard InChI is InChI=1S/C13H18N2O/c1-2-9(7-14)13(15)11-8-16-12-6-4-3-5-10(11)12/h3-6,8-9,13H,2,7,14-15H2,1H3. The van der Waals surface area contributed by atoms with E-state index in [0.29, 0.717) is 12.5 Å². The fourth-order valence-electron chi connectivity index (χ4n) is 2.08. The molecule has 0 saturated heterocycles. The van der Waals surface area contributed by atoms with Crippen LogP contribution in [0.1, 0.15) is 24.9 Å². The Morgan fingerprint density at radius 2 is 2.06 bits per heavy atom. The van der Waals surface area contributed by atoms with Gasteiger partial charge in [-0.3, -0.25) is 0 Å². The van der Waals surface area contributed by atoms with Crippen molar-refractivity contribution >= 4 is 11.0 Å². The minimum Gasteiger partial charge on any atom is -0.464 e. The van der Waals surface area contributed by atoms with Gasteiger partial charge in [0.25, 0.3) is 0 Å². The summed E-state index contributed by atoms with van der Waals surface area (Å²) in [6.07, 6.45) is 2.74. The van der Waals surface area contributed by atoms with E-state index in [1.165, 1.54) is 0 Å². The van der Waals surface area contributed by atoms with Crippen molar-refractivity contribution in [3.63, 3.8) is 0 Å². The van der Waals surface area contributed by atoms with Crippen molar-refractivity contribution in [2.75, 3.05) is 6.54 Å². The molecule has 0 amide bonds. The highest BCUT2D eigenvalue weighted by atomic mass is 16.3. The molecule has 2 rings (SSSR count). The average Bonchev–Trinajstić information content (AvgIpc) is 2.74. The Morgan fingerprint density at radius 3 is 2.75 bits per heavy atom. The predicted molar refractivity (Wildman–Crippen MR) is 66.0 cm³/mol. The third kappa shape index (κ3) is 1.84. The van der Waals surface area contributed by atoms with Crippen molar-refractivity contribution in [3.8, 4) is 0 Å². The van der Waals surface area contributed by atoms with Crippen molar-refractivity contribution in [3.05, 3.63) is 36.1 Å². The largest absolute Gasteiger partial charge is 0.464 e. The highest BCUT2D eigenvalue weighted by molar-refractivity contribution is 5.81. The van der Waals surface area contributed by atoms with Crippen molar-refractivity contribution in [2.24, 2.45) is 17.4 Å². The first-order chi connectivity index (χ1) is 7.77. The number of rotatable bonds is 4. The lowest BCUT2D eigenvalue weighted by Crippen LogP contribution is -2.27. The van der Waals surface area contributed by atoms with Gasteiger partial charge in [0.15, 0.2) is 0 Å². The van der Waals surface area contributed by atoms with Gasteiger partial charge in [-0.05, 0) is 18.5 Å². The summed E-state index contributed by atoms with van der Waals surface area (Å²) in [5.74, 6) is 0.306. The molecule has 1 heterocycles. The summed E-state index contributed by atoms with van der Waals surface area (Å²) < 4.78 is 5.49. The molecular weight excluding hydrogens is 200 g/mol. The second kappa shape index (κ2) is 4.68. The molecule has 1 aromatic heterocycles. The maximum absolute atomic E-state index is 6.23. The van der Waals surface area contributed by atoms with Crippen LogP contribution in [-0.4, -0.2) is 6.54 Å². The first kappa shape index (κ1) is 11.2. The SMILES string of the molecule is CCC(CN)C(N)c1coc2ccccc12. The van der Waals surface area contributed by atoms with E-state index in [-0.39, 0.29) is 6.04 Å². The summed E-state index contributed by atoms with van der Waals surface area (Å²) in [7, 11) is 0. The Morgan fingerprint density at radius 1 is 1.31 bits per heavy atom. The maximum Gasteiger partial charge on any atom is 0.134 e. The molecule has 0 spiro atoms. The molecule has 0 bridgehead atoms. The van der Waals surface area contributed by atoms with Gasteiger partial charge in [-0.25, -0.2) is 0 Å². The molecule has 16 heavy (non-hydrogen) atoms. The molecule has 2 unspecified atom stereocenters. The van der Waals surface area contributed by atoms with Gasteiger partial charge in [0, 0.05) is 17.0 Å². The summed E-state index contributed by atoms with van der Waals surface area (Å²) in [5, 5.41) is 1.10. The van der Waals surface area contributed by atoms with Gasteiger partial charge in [-0.15, -0.1) is 0 Å². The van der Waals surface area contributed by atoms with Crippen molar-refractivity contribution in [2.45, 2.75) is 19.4 Å². The molecular formula is C13H18N2O. The number of nitrogens with two attached hydrogens (primary N) is 2. The van der Waals surface area contributed by atoms with E-state index in [1.54, 1.807) is 6.26 Å². The van der Waals surface area contributed by atoms with Gasteiger partial charge in [0.2, 0.25) is 0 Å². The highest BCUT2D eigenvalue weighted by Gasteiger charge is 2.20. The normalized spacial score (nSPS) is 15.2. The Bertz CT molecular complexity index is 460. The monoisotopic (exact) mass is 218 g/mol. The maximum atomic E-state index is 6.23. The van der Waals surface area contributed by atoms with E-state index in [4.69, 9.17) is 15.9 Å². The minimum absolute atomic E-state index is 0.0429. The molecule has 4 N–H and O–H groups in total. The van der Waals surface area contributed by atoms with Crippen LogP contribution in [-0.2, 0) is 0 Å². The second-order valence-electron chi connectivity index (χ2n) is 4.12. The van der Waals surface area contributed by atoms with Crippen LogP contribution < -0.4 is 11.5 Å². The Balaban J connectivity index is 2.39. The molecule has 3 heteroatoms. The molecule has 3 nitrogen and oxygen atoms in total. The number of fused-ring (bicyclic) bond motifs is 1. The highest BCUT2D eigenvalue weighted by Crippen LogP contribution is 2.29. The number of hydrogen-bond acceptors (Lipinski definition) is 3. The van der Waals surface area contributed by atoms with Crippen LogP contribution in [0.3, 0.4) is 0 Å². The van der Waals surface area contributed by atoms with E-state index in [1.807, 2.05) is 24.3 Å². The molecule has 1 aromatic carbocycles. The minimum atomic E-state index is -0.0429. The van der Waals surface area contributed by atoms with Crippen LogP contribution in [0.4, 0.5) is 0 Å². The van der Waals surface area contributed by atoms with Crippen LogP contribution in [0, 0.1) is 5.92 Å². The zero-order valence-electron chi connectivity index (χ0n) is 9.52. The van der Waals surface area contributed by atoms with Gasteiger partial charge in [-0.1, -0.05) is 31.5 Å². The zero-order valence-corrected chi connectivity index (χ0v) is 9.52. The zero-order chi connectivity index (χ0) is 11.5. The van der Waals surface area contributed by atoms with Crippen molar-refractivity contribution < 1.29 is 4.42 Å². The van der Waals surface area contributed by atoms with E-state index in [2.05, 4.69) is 6.92 Å². The molecule has 0 radical (unpaired) electrons.